The van der Waals surface area contributed by atoms with Crippen LogP contribution < -0.4 is 10.1 Å². The zero-order valence-corrected chi connectivity index (χ0v) is 17.1. The Morgan fingerprint density at radius 2 is 2.08 bits per heavy atom. The summed E-state index contributed by atoms with van der Waals surface area (Å²) in [5, 5.41) is 3.20. The van der Waals surface area contributed by atoms with Crippen molar-refractivity contribution in [2.45, 2.75) is 39.4 Å². The summed E-state index contributed by atoms with van der Waals surface area (Å²) in [6, 6.07) is 3.18. The first-order chi connectivity index (χ1) is 11.4. The molecule has 0 bridgehead atoms. The molecule has 0 saturated heterocycles. The lowest BCUT2D eigenvalue weighted by Gasteiger charge is -2.21. The Morgan fingerprint density at radius 3 is 2.68 bits per heavy atom. The molecule has 0 atom stereocenters. The molecule has 0 amide bonds. The molecule has 25 heavy (non-hydrogen) atoms. The van der Waals surface area contributed by atoms with Gasteiger partial charge in [0.1, 0.15) is 0 Å². The quantitative estimate of drug-likeness (QED) is 0.354. The van der Waals surface area contributed by atoms with Gasteiger partial charge in [-0.05, 0) is 25.0 Å². The minimum atomic E-state index is -4.38. The van der Waals surface area contributed by atoms with E-state index < -0.39 is 12.8 Å². The molecule has 0 aliphatic rings. The van der Waals surface area contributed by atoms with Gasteiger partial charge in [0.05, 0.1) is 6.54 Å². The van der Waals surface area contributed by atoms with Crippen LogP contribution in [-0.4, -0.2) is 48.8 Å². The highest BCUT2D eigenvalue weighted by molar-refractivity contribution is 14.0. The number of hydrogen-bond donors (Lipinski definition) is 1. The summed E-state index contributed by atoms with van der Waals surface area (Å²) in [5.74, 6) is 0.713. The number of guanidine groups is 1. The fourth-order valence-electron chi connectivity index (χ4n) is 1.92. The van der Waals surface area contributed by atoms with Crippen molar-refractivity contribution in [2.75, 3.05) is 26.7 Å². The van der Waals surface area contributed by atoms with Crippen LogP contribution in [0.1, 0.15) is 32.3 Å². The molecular weight excluding hydrogens is 448 g/mol. The molecule has 0 saturated carbocycles. The Bertz CT molecular complexity index is 526. The highest BCUT2D eigenvalue weighted by atomic mass is 127. The Hall–Kier alpha value is -1.26. The third-order valence-electron chi connectivity index (χ3n) is 3.14. The van der Waals surface area contributed by atoms with Gasteiger partial charge in [0, 0.05) is 32.4 Å². The summed E-state index contributed by atoms with van der Waals surface area (Å²) in [6.45, 7) is 4.72. The summed E-state index contributed by atoms with van der Waals surface area (Å²) in [4.78, 5) is 10.3. The first-order valence-corrected chi connectivity index (χ1v) is 7.99. The summed E-state index contributed by atoms with van der Waals surface area (Å²) in [7, 11) is 1.96. The van der Waals surface area contributed by atoms with Crippen molar-refractivity contribution in [2.24, 2.45) is 4.99 Å². The van der Waals surface area contributed by atoms with E-state index in [0.717, 1.165) is 37.5 Å². The molecule has 1 aromatic heterocycles. The lowest BCUT2D eigenvalue weighted by atomic mass is 10.3. The van der Waals surface area contributed by atoms with Gasteiger partial charge in [-0.3, -0.25) is 0 Å². The lowest BCUT2D eigenvalue weighted by molar-refractivity contribution is -0.154. The number of ether oxygens (including phenoxy) is 1. The van der Waals surface area contributed by atoms with Crippen molar-refractivity contribution in [3.63, 3.8) is 0 Å². The maximum atomic E-state index is 12.2. The van der Waals surface area contributed by atoms with E-state index in [2.05, 4.69) is 27.0 Å². The second kappa shape index (κ2) is 12.2. The van der Waals surface area contributed by atoms with Crippen LogP contribution in [0.5, 0.6) is 5.88 Å². The molecule has 0 unspecified atom stereocenters. The van der Waals surface area contributed by atoms with Crippen LogP contribution in [0.4, 0.5) is 13.2 Å². The molecule has 1 rings (SSSR count). The van der Waals surface area contributed by atoms with E-state index >= 15 is 0 Å². The van der Waals surface area contributed by atoms with E-state index in [-0.39, 0.29) is 29.9 Å². The number of aromatic nitrogens is 1. The largest absolute Gasteiger partial charge is 0.468 e. The van der Waals surface area contributed by atoms with E-state index in [4.69, 9.17) is 0 Å². The van der Waals surface area contributed by atoms with Gasteiger partial charge >= 0.3 is 6.18 Å². The zero-order valence-electron chi connectivity index (χ0n) is 14.8. The van der Waals surface area contributed by atoms with E-state index in [1.807, 2.05) is 18.9 Å². The van der Waals surface area contributed by atoms with Crippen LogP contribution in [0.15, 0.2) is 23.3 Å². The number of nitrogens with zero attached hydrogens (tertiary/aromatic N) is 3. The van der Waals surface area contributed by atoms with Crippen molar-refractivity contribution in [3.8, 4) is 5.88 Å². The first kappa shape index (κ1) is 23.7. The Balaban J connectivity index is 0.00000576. The third-order valence-corrected chi connectivity index (χ3v) is 3.14. The second-order valence-electron chi connectivity index (χ2n) is 5.35. The first-order valence-electron chi connectivity index (χ1n) is 7.99. The van der Waals surface area contributed by atoms with Gasteiger partial charge in [-0.15, -0.1) is 24.0 Å². The molecule has 9 heteroatoms. The smallest absolute Gasteiger partial charge is 0.422 e. The fraction of sp³-hybridized carbons (Fsp3) is 0.625. The maximum Gasteiger partial charge on any atom is 0.422 e. The molecule has 0 aromatic carbocycles. The van der Waals surface area contributed by atoms with Crippen molar-refractivity contribution in [1.82, 2.24) is 15.2 Å². The van der Waals surface area contributed by atoms with Crippen LogP contribution in [0.25, 0.3) is 0 Å². The topological polar surface area (TPSA) is 49.8 Å². The van der Waals surface area contributed by atoms with Crippen LogP contribution in [0, 0.1) is 0 Å². The predicted molar refractivity (Wildman–Crippen MR) is 104 cm³/mol. The van der Waals surface area contributed by atoms with Gasteiger partial charge < -0.3 is 15.0 Å². The van der Waals surface area contributed by atoms with Crippen LogP contribution in [0.3, 0.4) is 0 Å². The molecule has 1 N–H and O–H groups in total. The highest BCUT2D eigenvalue weighted by Gasteiger charge is 2.28. The van der Waals surface area contributed by atoms with Crippen molar-refractivity contribution in [1.29, 1.82) is 0 Å². The maximum absolute atomic E-state index is 12.2. The van der Waals surface area contributed by atoms with Gasteiger partial charge in [0.15, 0.2) is 12.6 Å². The number of halogens is 4. The molecule has 1 heterocycles. The number of unbranched alkanes of at least 4 members (excludes halogenated alkanes) is 1. The summed E-state index contributed by atoms with van der Waals surface area (Å²) < 4.78 is 41.2. The van der Waals surface area contributed by atoms with E-state index in [9.17, 15) is 13.2 Å². The second-order valence-corrected chi connectivity index (χ2v) is 5.35. The number of hydrogen-bond acceptors (Lipinski definition) is 3. The van der Waals surface area contributed by atoms with Crippen molar-refractivity contribution in [3.05, 3.63) is 23.9 Å². The van der Waals surface area contributed by atoms with Gasteiger partial charge in [-0.1, -0.05) is 13.3 Å². The predicted octanol–water partition coefficient (Wildman–Crippen LogP) is 3.84. The fourth-order valence-corrected chi connectivity index (χ4v) is 1.92. The number of pyridine rings is 1. The van der Waals surface area contributed by atoms with E-state index in [0.29, 0.717) is 6.54 Å². The SMILES string of the molecule is CCCCN(C)C(=NCc1ccnc(OCC(F)(F)F)c1)NCC.I. The molecule has 0 aliphatic heterocycles. The van der Waals surface area contributed by atoms with Crippen LogP contribution >= 0.6 is 24.0 Å². The normalized spacial score (nSPS) is 11.7. The summed E-state index contributed by atoms with van der Waals surface area (Å²) in [5.41, 5.74) is 0.737. The number of alkyl halides is 3. The lowest BCUT2D eigenvalue weighted by Crippen LogP contribution is -2.39. The highest BCUT2D eigenvalue weighted by Crippen LogP contribution is 2.17. The monoisotopic (exact) mass is 474 g/mol. The molecule has 5 nitrogen and oxygen atoms in total. The molecule has 144 valence electrons. The molecule has 0 radical (unpaired) electrons. The Kier molecular flexibility index (Phi) is 11.5. The summed E-state index contributed by atoms with van der Waals surface area (Å²) in [6.07, 6.45) is -0.806. The molecule has 0 fully saturated rings. The Labute approximate surface area is 164 Å². The number of nitrogens with one attached hydrogen (secondary N) is 1. The average molecular weight is 474 g/mol. The van der Waals surface area contributed by atoms with Crippen molar-refractivity contribution < 1.29 is 17.9 Å². The van der Waals surface area contributed by atoms with Crippen LogP contribution in [-0.2, 0) is 6.54 Å². The zero-order chi connectivity index (χ0) is 18.0. The van der Waals surface area contributed by atoms with E-state index in [1.54, 1.807) is 6.07 Å². The van der Waals surface area contributed by atoms with E-state index in [1.165, 1.54) is 12.3 Å². The Morgan fingerprint density at radius 1 is 1.36 bits per heavy atom. The molecular formula is C16H26F3IN4O. The summed E-state index contributed by atoms with van der Waals surface area (Å²) >= 11 is 0. The minimum Gasteiger partial charge on any atom is -0.468 e. The van der Waals surface area contributed by atoms with Crippen molar-refractivity contribution >= 4 is 29.9 Å². The molecule has 0 spiro atoms. The minimum absolute atomic E-state index is 0. The van der Waals surface area contributed by atoms with Gasteiger partial charge in [-0.2, -0.15) is 13.2 Å². The number of aliphatic imine (C=N–C) groups is 1. The van der Waals surface area contributed by atoms with Gasteiger partial charge in [0.25, 0.3) is 0 Å². The number of rotatable bonds is 8. The van der Waals surface area contributed by atoms with Gasteiger partial charge in [-0.25, -0.2) is 9.98 Å². The molecule has 0 aliphatic carbocycles. The molecule has 1 aromatic rings. The van der Waals surface area contributed by atoms with Crippen LogP contribution in [0.2, 0.25) is 0 Å². The standard InChI is InChI=1S/C16H25F3N4O.HI/c1-4-6-9-23(3)15(20-5-2)22-11-13-7-8-21-14(10-13)24-12-16(17,18)19;/h7-8,10H,4-6,9,11-12H2,1-3H3,(H,20,22);1H. The average Bonchev–Trinajstić information content (AvgIpc) is 2.54. The van der Waals surface area contributed by atoms with Gasteiger partial charge in [0.2, 0.25) is 5.88 Å². The third kappa shape index (κ3) is 10.4.